The van der Waals surface area contributed by atoms with Gasteiger partial charge in [-0.1, -0.05) is 187 Å². The second-order valence-corrected chi connectivity index (χ2v) is 14.7. The molecule has 0 saturated heterocycles. The van der Waals surface area contributed by atoms with Crippen molar-refractivity contribution in [3.05, 3.63) is 0 Å². The van der Waals surface area contributed by atoms with E-state index in [2.05, 4.69) is 12.2 Å². The zero-order valence-corrected chi connectivity index (χ0v) is 32.2. The van der Waals surface area contributed by atoms with Gasteiger partial charge in [0.05, 0.1) is 6.61 Å². The Bertz CT molecular complexity index is 660. The molecule has 0 radical (unpaired) electrons. The van der Waals surface area contributed by atoms with Crippen LogP contribution in [0, 0.1) is 0 Å². The number of carbonyl (C=O) groups excluding carboxylic acids is 1. The molecule has 0 saturated carbocycles. The van der Waals surface area contributed by atoms with Crippen molar-refractivity contribution in [2.24, 2.45) is 5.73 Å². The molecule has 0 aliphatic carbocycles. The molecule has 0 aromatic carbocycles. The maximum atomic E-state index is 11.8. The van der Waals surface area contributed by atoms with E-state index in [1.165, 1.54) is 180 Å². The van der Waals surface area contributed by atoms with E-state index >= 15 is 0 Å². The van der Waals surface area contributed by atoms with Crippen LogP contribution >= 0.6 is 0 Å². The lowest BCUT2D eigenvalue weighted by atomic mass is 10.0. The molecule has 6 nitrogen and oxygen atoms in total. The van der Waals surface area contributed by atoms with Gasteiger partial charge in [-0.3, -0.25) is 9.59 Å². The fourth-order valence-electron chi connectivity index (χ4n) is 6.70. The molecule has 0 aromatic heterocycles. The van der Waals surface area contributed by atoms with Crippen LogP contribution in [-0.2, 0) is 14.3 Å². The second-order valence-electron chi connectivity index (χ2n) is 14.7. The van der Waals surface area contributed by atoms with Crippen LogP contribution in [0.2, 0.25) is 0 Å². The number of carboxylic acids is 1. The molecule has 0 aromatic rings. The molecule has 0 aliphatic heterocycles. The Balaban J connectivity index is 3.29. The molecule has 0 fully saturated rings. The fourth-order valence-corrected chi connectivity index (χ4v) is 6.70. The van der Waals surface area contributed by atoms with Crippen LogP contribution in [0.25, 0.3) is 0 Å². The summed E-state index contributed by atoms with van der Waals surface area (Å²) in [4.78, 5) is 22.3. The van der Waals surface area contributed by atoms with Crippen molar-refractivity contribution in [2.45, 2.75) is 238 Å². The van der Waals surface area contributed by atoms with Crippen LogP contribution < -0.4 is 11.1 Å². The largest absolute Gasteiger partial charge is 0.481 e. The lowest BCUT2D eigenvalue weighted by Gasteiger charge is -2.16. The number of hydrogen-bond acceptors (Lipinski definition) is 5. The molecule has 286 valence electrons. The van der Waals surface area contributed by atoms with Crippen LogP contribution in [0.15, 0.2) is 0 Å². The van der Waals surface area contributed by atoms with Crippen molar-refractivity contribution < 1.29 is 19.4 Å². The van der Waals surface area contributed by atoms with Crippen molar-refractivity contribution in [3.8, 4) is 0 Å². The van der Waals surface area contributed by atoms with Gasteiger partial charge in [-0.25, -0.2) is 0 Å². The van der Waals surface area contributed by atoms with E-state index in [4.69, 9.17) is 15.6 Å². The van der Waals surface area contributed by atoms with Gasteiger partial charge in [0, 0.05) is 25.4 Å². The molecule has 0 amide bonds. The van der Waals surface area contributed by atoms with Gasteiger partial charge in [0.15, 0.2) is 0 Å². The zero-order chi connectivity index (χ0) is 35.0. The highest BCUT2D eigenvalue weighted by atomic mass is 16.5. The highest BCUT2D eigenvalue weighted by Gasteiger charge is 2.06. The first-order valence-electron chi connectivity index (χ1n) is 21.4. The SMILES string of the molecule is CCCCCCCCOC(=O)CCCCCCCCCCCCCCCNC(CN)CCCCCCCCCCCCCCCC(=O)O. The highest BCUT2D eigenvalue weighted by molar-refractivity contribution is 5.69. The van der Waals surface area contributed by atoms with Crippen molar-refractivity contribution in [1.82, 2.24) is 5.32 Å². The number of esters is 1. The van der Waals surface area contributed by atoms with Gasteiger partial charge in [0.25, 0.3) is 0 Å². The first-order chi connectivity index (χ1) is 23.6. The van der Waals surface area contributed by atoms with Crippen LogP contribution in [0.4, 0.5) is 0 Å². The lowest BCUT2D eigenvalue weighted by Crippen LogP contribution is -2.36. The molecule has 0 bridgehead atoms. The van der Waals surface area contributed by atoms with E-state index < -0.39 is 5.97 Å². The van der Waals surface area contributed by atoms with E-state index in [-0.39, 0.29) is 5.97 Å². The molecule has 6 heteroatoms. The Morgan fingerprint density at radius 3 is 1.33 bits per heavy atom. The summed E-state index contributed by atoms with van der Waals surface area (Å²) < 4.78 is 5.37. The summed E-state index contributed by atoms with van der Waals surface area (Å²) in [5, 5.41) is 12.4. The minimum absolute atomic E-state index is 0.00627. The van der Waals surface area contributed by atoms with Gasteiger partial charge >= 0.3 is 11.9 Å². The average molecular weight is 681 g/mol. The second kappa shape index (κ2) is 40.3. The number of ether oxygens (including phenoxy) is 1. The van der Waals surface area contributed by atoms with Gasteiger partial charge in [0.2, 0.25) is 0 Å². The Labute approximate surface area is 299 Å². The van der Waals surface area contributed by atoms with Gasteiger partial charge in [-0.2, -0.15) is 0 Å². The number of nitrogens with two attached hydrogens (primary N) is 1. The molecule has 0 aliphatic rings. The van der Waals surface area contributed by atoms with Crippen molar-refractivity contribution >= 4 is 11.9 Å². The van der Waals surface area contributed by atoms with Crippen molar-refractivity contribution in [2.75, 3.05) is 19.7 Å². The van der Waals surface area contributed by atoms with E-state index in [0.29, 0.717) is 25.5 Å². The fraction of sp³-hybridized carbons (Fsp3) is 0.952. The number of rotatable bonds is 41. The van der Waals surface area contributed by atoms with E-state index in [9.17, 15) is 9.59 Å². The van der Waals surface area contributed by atoms with E-state index in [1.807, 2.05) is 0 Å². The predicted octanol–water partition coefficient (Wildman–Crippen LogP) is 12.2. The third-order valence-corrected chi connectivity index (χ3v) is 9.98. The Kier molecular flexibility index (Phi) is 39.3. The van der Waals surface area contributed by atoms with E-state index in [0.717, 1.165) is 45.2 Å². The normalized spacial score (nSPS) is 12.0. The summed E-state index contributed by atoms with van der Waals surface area (Å²) in [6, 6.07) is 0.491. The summed E-state index contributed by atoms with van der Waals surface area (Å²) in [5.41, 5.74) is 6.04. The van der Waals surface area contributed by atoms with Crippen molar-refractivity contribution in [3.63, 3.8) is 0 Å². The highest BCUT2D eigenvalue weighted by Crippen LogP contribution is 2.15. The minimum Gasteiger partial charge on any atom is -0.481 e. The summed E-state index contributed by atoms with van der Waals surface area (Å²) in [5.74, 6) is -0.655. The molecule has 4 N–H and O–H groups in total. The average Bonchev–Trinajstić information content (AvgIpc) is 3.08. The molecule has 0 heterocycles. The van der Waals surface area contributed by atoms with Gasteiger partial charge < -0.3 is 20.9 Å². The van der Waals surface area contributed by atoms with Crippen LogP contribution in [0.3, 0.4) is 0 Å². The Morgan fingerprint density at radius 2 is 0.896 bits per heavy atom. The summed E-state index contributed by atoms with van der Waals surface area (Å²) >= 11 is 0. The monoisotopic (exact) mass is 681 g/mol. The Morgan fingerprint density at radius 1 is 0.521 bits per heavy atom. The Hall–Kier alpha value is -1.14. The molecular weight excluding hydrogens is 596 g/mol. The molecule has 1 atom stereocenters. The molecule has 0 rings (SSSR count). The topological polar surface area (TPSA) is 102 Å². The third-order valence-electron chi connectivity index (χ3n) is 9.98. The van der Waals surface area contributed by atoms with Crippen LogP contribution in [-0.4, -0.2) is 42.8 Å². The summed E-state index contributed by atoms with van der Waals surface area (Å²) in [7, 11) is 0. The minimum atomic E-state index is -0.661. The first-order valence-corrected chi connectivity index (χ1v) is 21.4. The quantitative estimate of drug-likeness (QED) is 0.0439. The molecule has 0 spiro atoms. The summed E-state index contributed by atoms with van der Waals surface area (Å²) in [6.07, 6.45) is 43.0. The number of aliphatic carboxylic acids is 1. The van der Waals surface area contributed by atoms with E-state index in [1.54, 1.807) is 0 Å². The predicted molar refractivity (Wildman–Crippen MR) is 207 cm³/mol. The smallest absolute Gasteiger partial charge is 0.305 e. The lowest BCUT2D eigenvalue weighted by molar-refractivity contribution is -0.144. The molecule has 48 heavy (non-hydrogen) atoms. The maximum absolute atomic E-state index is 11.8. The van der Waals surface area contributed by atoms with Crippen LogP contribution in [0.1, 0.15) is 232 Å². The van der Waals surface area contributed by atoms with Gasteiger partial charge in [-0.05, 0) is 38.6 Å². The van der Waals surface area contributed by atoms with Gasteiger partial charge in [0.1, 0.15) is 0 Å². The van der Waals surface area contributed by atoms with Gasteiger partial charge in [-0.15, -0.1) is 0 Å². The number of carboxylic acid groups (broad SMARTS) is 1. The molecular formula is C42H84N2O4. The van der Waals surface area contributed by atoms with Crippen LogP contribution in [0.5, 0.6) is 0 Å². The number of nitrogens with one attached hydrogen (secondary N) is 1. The number of unbranched alkanes of at least 4 members (excludes halogenated alkanes) is 29. The standard InChI is InChI=1S/C42H84N2O4/c1-2-3-4-5-28-33-38-48-42(47)36-31-26-22-18-14-10-7-11-15-19-23-27-32-37-44-40(39-43)34-29-24-20-16-12-8-6-9-13-17-21-25-30-35-41(45)46/h40,44H,2-39,43H2,1H3,(H,45,46). The maximum Gasteiger partial charge on any atom is 0.305 e. The molecule has 1 unspecified atom stereocenters. The third kappa shape index (κ3) is 39.3. The first kappa shape index (κ1) is 46.9. The zero-order valence-electron chi connectivity index (χ0n) is 32.2. The number of carbonyl (C=O) groups is 2. The summed E-state index contributed by atoms with van der Waals surface area (Å²) in [6.45, 7) is 4.72. The number of hydrogen-bond donors (Lipinski definition) is 3. The van der Waals surface area contributed by atoms with Crippen molar-refractivity contribution in [1.29, 1.82) is 0 Å².